The SMILES string of the molecule is CC1OCCC1(C)n1nnnc1-c1ccc(Cl)c(N)c1. The lowest BCUT2D eigenvalue weighted by Gasteiger charge is -2.28. The number of hydrogen-bond acceptors (Lipinski definition) is 5. The summed E-state index contributed by atoms with van der Waals surface area (Å²) < 4.78 is 7.49. The van der Waals surface area contributed by atoms with Gasteiger partial charge in [-0.1, -0.05) is 11.6 Å². The van der Waals surface area contributed by atoms with E-state index in [4.69, 9.17) is 22.1 Å². The summed E-state index contributed by atoms with van der Waals surface area (Å²) in [5, 5.41) is 12.6. The first-order chi connectivity index (χ1) is 9.52. The molecule has 1 aromatic heterocycles. The van der Waals surface area contributed by atoms with E-state index in [-0.39, 0.29) is 11.6 Å². The molecule has 2 atom stereocenters. The van der Waals surface area contributed by atoms with Crippen LogP contribution in [0.25, 0.3) is 11.4 Å². The van der Waals surface area contributed by atoms with Crippen molar-refractivity contribution in [1.82, 2.24) is 20.2 Å². The molecule has 20 heavy (non-hydrogen) atoms. The van der Waals surface area contributed by atoms with Crippen LogP contribution in [0.1, 0.15) is 20.3 Å². The van der Waals surface area contributed by atoms with Crippen LogP contribution in [-0.4, -0.2) is 32.9 Å². The van der Waals surface area contributed by atoms with Crippen LogP contribution in [0.3, 0.4) is 0 Å². The summed E-state index contributed by atoms with van der Waals surface area (Å²) in [6.07, 6.45) is 0.921. The van der Waals surface area contributed by atoms with Crippen LogP contribution < -0.4 is 5.73 Å². The summed E-state index contributed by atoms with van der Waals surface area (Å²) in [6, 6.07) is 5.40. The van der Waals surface area contributed by atoms with E-state index in [0.717, 1.165) is 12.0 Å². The second-order valence-electron chi connectivity index (χ2n) is 5.27. The Morgan fingerprint density at radius 3 is 2.95 bits per heavy atom. The minimum absolute atomic E-state index is 0.0504. The molecule has 1 aliphatic rings. The van der Waals surface area contributed by atoms with Gasteiger partial charge in [0.05, 0.1) is 22.4 Å². The summed E-state index contributed by atoms with van der Waals surface area (Å²) in [4.78, 5) is 0. The maximum Gasteiger partial charge on any atom is 0.182 e. The Labute approximate surface area is 121 Å². The predicted octanol–water partition coefficient (Wildman–Crippen LogP) is 2.10. The van der Waals surface area contributed by atoms with Gasteiger partial charge in [0.15, 0.2) is 5.82 Å². The predicted molar refractivity (Wildman–Crippen MR) is 76.4 cm³/mol. The van der Waals surface area contributed by atoms with Gasteiger partial charge in [-0.2, -0.15) is 0 Å². The highest BCUT2D eigenvalue weighted by Crippen LogP contribution is 2.35. The molecule has 6 nitrogen and oxygen atoms in total. The van der Waals surface area contributed by atoms with Crippen molar-refractivity contribution in [2.24, 2.45) is 0 Å². The lowest BCUT2D eigenvalue weighted by Crippen LogP contribution is -2.38. The number of nitrogen functional groups attached to an aromatic ring is 1. The van der Waals surface area contributed by atoms with Crippen LogP contribution >= 0.6 is 11.6 Å². The zero-order chi connectivity index (χ0) is 14.3. The molecule has 2 N–H and O–H groups in total. The number of rotatable bonds is 2. The Kier molecular flexibility index (Phi) is 3.14. The Balaban J connectivity index is 2.08. The van der Waals surface area contributed by atoms with Gasteiger partial charge in [-0.05, 0) is 48.9 Å². The van der Waals surface area contributed by atoms with Crippen LogP contribution in [0.5, 0.6) is 0 Å². The maximum absolute atomic E-state index is 5.96. The lowest BCUT2D eigenvalue weighted by molar-refractivity contribution is 0.0706. The van der Waals surface area contributed by atoms with Crippen LogP contribution in [0.4, 0.5) is 5.69 Å². The van der Waals surface area contributed by atoms with E-state index in [9.17, 15) is 0 Å². The number of halogens is 1. The van der Waals surface area contributed by atoms with Gasteiger partial charge in [0.1, 0.15) is 0 Å². The van der Waals surface area contributed by atoms with Gasteiger partial charge in [-0.25, -0.2) is 4.68 Å². The van der Waals surface area contributed by atoms with E-state index in [1.807, 2.05) is 17.7 Å². The minimum Gasteiger partial charge on any atom is -0.398 e. The fourth-order valence-electron chi connectivity index (χ4n) is 2.50. The minimum atomic E-state index is -0.257. The number of nitrogens with two attached hydrogens (primary N) is 1. The van der Waals surface area contributed by atoms with E-state index in [1.54, 1.807) is 12.1 Å². The molecule has 2 heterocycles. The molecule has 2 aromatic rings. The van der Waals surface area contributed by atoms with Crippen LogP contribution in [0.2, 0.25) is 5.02 Å². The molecular weight excluding hydrogens is 278 g/mol. The average Bonchev–Trinajstić information content (AvgIpc) is 3.02. The molecule has 2 unspecified atom stereocenters. The van der Waals surface area contributed by atoms with E-state index in [1.165, 1.54) is 0 Å². The molecule has 0 aliphatic carbocycles. The van der Waals surface area contributed by atoms with E-state index >= 15 is 0 Å². The van der Waals surface area contributed by atoms with Gasteiger partial charge in [0.2, 0.25) is 0 Å². The van der Waals surface area contributed by atoms with Gasteiger partial charge in [-0.3, -0.25) is 0 Å². The summed E-state index contributed by atoms with van der Waals surface area (Å²) in [5.74, 6) is 0.674. The van der Waals surface area contributed by atoms with Crippen molar-refractivity contribution in [2.75, 3.05) is 12.3 Å². The van der Waals surface area contributed by atoms with Crippen molar-refractivity contribution in [1.29, 1.82) is 0 Å². The Morgan fingerprint density at radius 2 is 2.30 bits per heavy atom. The maximum atomic E-state index is 5.96. The van der Waals surface area contributed by atoms with Crippen molar-refractivity contribution in [3.05, 3.63) is 23.2 Å². The fraction of sp³-hybridized carbons (Fsp3) is 0.462. The standard InChI is InChI=1S/C13H16ClN5O/c1-8-13(2,5-6-20-8)19-12(16-17-18-19)9-3-4-10(14)11(15)7-9/h3-4,7-8H,5-6,15H2,1-2H3. The van der Waals surface area contributed by atoms with Crippen molar-refractivity contribution in [3.63, 3.8) is 0 Å². The summed E-state index contributed by atoms with van der Waals surface area (Å²) in [5.41, 5.74) is 6.96. The average molecular weight is 294 g/mol. The molecule has 3 rings (SSSR count). The number of ether oxygens (including phenoxy) is 1. The fourth-order valence-corrected chi connectivity index (χ4v) is 2.61. The zero-order valence-electron chi connectivity index (χ0n) is 11.4. The monoisotopic (exact) mass is 293 g/mol. The summed E-state index contributed by atoms with van der Waals surface area (Å²) in [6.45, 7) is 4.85. The van der Waals surface area contributed by atoms with E-state index in [0.29, 0.717) is 23.1 Å². The number of benzene rings is 1. The van der Waals surface area contributed by atoms with Gasteiger partial charge in [0.25, 0.3) is 0 Å². The normalized spacial score (nSPS) is 26.1. The van der Waals surface area contributed by atoms with Gasteiger partial charge < -0.3 is 10.5 Å². The topological polar surface area (TPSA) is 78.8 Å². The second kappa shape index (κ2) is 4.71. The largest absolute Gasteiger partial charge is 0.398 e. The third-order valence-corrected chi connectivity index (χ3v) is 4.40. The highest BCUT2D eigenvalue weighted by Gasteiger charge is 2.41. The number of tetrazole rings is 1. The highest BCUT2D eigenvalue weighted by molar-refractivity contribution is 6.33. The molecular formula is C13H16ClN5O. The smallest absolute Gasteiger partial charge is 0.182 e. The number of aromatic nitrogens is 4. The van der Waals surface area contributed by atoms with E-state index in [2.05, 4.69) is 22.4 Å². The second-order valence-corrected chi connectivity index (χ2v) is 5.68. The molecule has 0 saturated carbocycles. The molecule has 0 bridgehead atoms. The van der Waals surface area contributed by atoms with Gasteiger partial charge in [0, 0.05) is 12.2 Å². The highest BCUT2D eigenvalue weighted by atomic mass is 35.5. The molecule has 0 radical (unpaired) electrons. The number of hydrogen-bond donors (Lipinski definition) is 1. The van der Waals surface area contributed by atoms with Crippen LogP contribution in [0.15, 0.2) is 18.2 Å². The van der Waals surface area contributed by atoms with Crippen LogP contribution in [0, 0.1) is 0 Å². The molecule has 1 fully saturated rings. The Bertz CT molecular complexity index is 643. The first-order valence-electron chi connectivity index (χ1n) is 6.48. The van der Waals surface area contributed by atoms with Crippen molar-refractivity contribution in [2.45, 2.75) is 31.9 Å². The molecule has 106 valence electrons. The van der Waals surface area contributed by atoms with E-state index < -0.39 is 0 Å². The third kappa shape index (κ3) is 1.96. The first-order valence-corrected chi connectivity index (χ1v) is 6.86. The number of nitrogens with zero attached hydrogens (tertiary/aromatic N) is 4. The molecule has 0 amide bonds. The third-order valence-electron chi connectivity index (χ3n) is 4.06. The van der Waals surface area contributed by atoms with Gasteiger partial charge >= 0.3 is 0 Å². The van der Waals surface area contributed by atoms with Crippen LogP contribution in [-0.2, 0) is 10.3 Å². The molecule has 1 aromatic carbocycles. The lowest BCUT2D eigenvalue weighted by atomic mass is 9.94. The van der Waals surface area contributed by atoms with Crippen molar-refractivity contribution < 1.29 is 4.74 Å². The Morgan fingerprint density at radius 1 is 1.50 bits per heavy atom. The van der Waals surface area contributed by atoms with Crippen molar-refractivity contribution >= 4 is 17.3 Å². The Hall–Kier alpha value is -1.66. The molecule has 7 heteroatoms. The zero-order valence-corrected chi connectivity index (χ0v) is 12.1. The molecule has 1 aliphatic heterocycles. The van der Waals surface area contributed by atoms with Gasteiger partial charge in [-0.15, -0.1) is 5.10 Å². The summed E-state index contributed by atoms with van der Waals surface area (Å²) in [7, 11) is 0. The van der Waals surface area contributed by atoms with Crippen molar-refractivity contribution in [3.8, 4) is 11.4 Å². The molecule has 0 spiro atoms. The number of anilines is 1. The molecule has 1 saturated heterocycles. The summed E-state index contributed by atoms with van der Waals surface area (Å²) >= 11 is 5.96. The first kappa shape index (κ1) is 13.3. The quantitative estimate of drug-likeness (QED) is 0.858.